The molecule has 0 saturated carbocycles. The third-order valence-electron chi connectivity index (χ3n) is 5.41. The molecule has 0 spiro atoms. The number of aromatic hydroxyl groups is 1. The molecule has 3 aromatic rings. The van der Waals surface area contributed by atoms with Gasteiger partial charge in [0.2, 0.25) is 6.23 Å². The van der Waals surface area contributed by atoms with Crippen molar-refractivity contribution >= 4 is 28.9 Å². The van der Waals surface area contributed by atoms with Gasteiger partial charge in [0.05, 0.1) is 22.3 Å². The molecular formula is C23H18Cl2N2O2. The van der Waals surface area contributed by atoms with Crippen molar-refractivity contribution in [3.05, 3.63) is 93.0 Å². The number of benzene rings is 3. The first kappa shape index (κ1) is 18.3. The van der Waals surface area contributed by atoms with Crippen LogP contribution >= 0.6 is 23.2 Å². The standard InChI is InChI=1S/C23H18Cl2N2O2/c1-13-6-8-14(9-7-13)19-12-20-16-4-2-3-5-21(16)29-23(27(20)26-19)17-10-15(24)11-18(25)22(17)28/h2-11,20,23,28H,12H2,1H3/t20-,23+/m1/s1. The summed E-state index contributed by atoms with van der Waals surface area (Å²) in [5.41, 5.74) is 4.83. The molecule has 0 aromatic heterocycles. The first-order valence-corrected chi connectivity index (χ1v) is 10.1. The highest BCUT2D eigenvalue weighted by Gasteiger charge is 2.42. The first-order chi connectivity index (χ1) is 14.0. The monoisotopic (exact) mass is 424 g/mol. The van der Waals surface area contributed by atoms with E-state index in [0.29, 0.717) is 10.6 Å². The molecular weight excluding hydrogens is 407 g/mol. The number of nitrogens with zero attached hydrogens (tertiary/aromatic N) is 2. The van der Waals surface area contributed by atoms with Crippen LogP contribution in [0.3, 0.4) is 0 Å². The Morgan fingerprint density at radius 1 is 1.03 bits per heavy atom. The molecule has 4 nitrogen and oxygen atoms in total. The van der Waals surface area contributed by atoms with Crippen LogP contribution in [0.15, 0.2) is 65.8 Å². The molecule has 2 atom stereocenters. The van der Waals surface area contributed by atoms with E-state index >= 15 is 0 Å². The zero-order valence-electron chi connectivity index (χ0n) is 15.6. The normalized spacial score (nSPS) is 20.0. The summed E-state index contributed by atoms with van der Waals surface area (Å²) in [6, 6.07) is 19.5. The van der Waals surface area contributed by atoms with Crippen molar-refractivity contribution in [1.29, 1.82) is 0 Å². The van der Waals surface area contributed by atoms with Gasteiger partial charge in [0.1, 0.15) is 11.5 Å². The lowest BCUT2D eigenvalue weighted by molar-refractivity contribution is -0.0203. The summed E-state index contributed by atoms with van der Waals surface area (Å²) in [5, 5.41) is 18.0. The highest BCUT2D eigenvalue weighted by Crippen LogP contribution is 2.49. The van der Waals surface area contributed by atoms with Gasteiger partial charge in [-0.3, -0.25) is 0 Å². The maximum absolute atomic E-state index is 10.6. The topological polar surface area (TPSA) is 45.1 Å². The number of fused-ring (bicyclic) bond motifs is 3. The Bertz CT molecular complexity index is 1130. The van der Waals surface area contributed by atoms with Crippen LogP contribution in [0, 0.1) is 6.92 Å². The predicted molar refractivity (Wildman–Crippen MR) is 115 cm³/mol. The average Bonchev–Trinajstić information content (AvgIpc) is 3.16. The van der Waals surface area contributed by atoms with Crippen LogP contribution in [-0.4, -0.2) is 15.8 Å². The number of ether oxygens (including phenoxy) is 1. The summed E-state index contributed by atoms with van der Waals surface area (Å²) in [6.07, 6.45) is 0.115. The van der Waals surface area contributed by atoms with Crippen molar-refractivity contribution in [3.8, 4) is 11.5 Å². The number of hydrazone groups is 1. The Labute approximate surface area is 178 Å². The molecule has 2 aliphatic heterocycles. The summed E-state index contributed by atoms with van der Waals surface area (Å²) in [6.45, 7) is 2.06. The Morgan fingerprint density at radius 3 is 2.59 bits per heavy atom. The number of halogens is 2. The molecule has 0 aliphatic carbocycles. The molecule has 0 saturated heterocycles. The molecule has 6 heteroatoms. The number of hydrogen-bond acceptors (Lipinski definition) is 4. The number of phenolic OH excluding ortho intramolecular Hbond substituents is 1. The minimum Gasteiger partial charge on any atom is -0.506 e. The highest BCUT2D eigenvalue weighted by atomic mass is 35.5. The van der Waals surface area contributed by atoms with E-state index in [4.69, 9.17) is 33.0 Å². The fourth-order valence-corrected chi connectivity index (χ4v) is 4.44. The second-order valence-electron chi connectivity index (χ2n) is 7.35. The average molecular weight is 425 g/mol. The van der Waals surface area contributed by atoms with Gasteiger partial charge in [-0.1, -0.05) is 71.2 Å². The van der Waals surface area contributed by atoms with Gasteiger partial charge in [-0.25, -0.2) is 5.01 Å². The number of para-hydroxylation sites is 1. The number of phenols is 1. The summed E-state index contributed by atoms with van der Waals surface area (Å²) in [7, 11) is 0. The Hall–Kier alpha value is -2.69. The highest BCUT2D eigenvalue weighted by molar-refractivity contribution is 6.35. The van der Waals surface area contributed by atoms with Crippen LogP contribution < -0.4 is 4.74 Å². The predicted octanol–water partition coefficient (Wildman–Crippen LogP) is 6.25. The second-order valence-corrected chi connectivity index (χ2v) is 8.19. The van der Waals surface area contributed by atoms with Gasteiger partial charge in [-0.05, 0) is 30.7 Å². The SMILES string of the molecule is Cc1ccc(C2=NN3[C@H](C2)c2ccccc2O[C@H]3c2cc(Cl)cc(Cl)c2O)cc1. The summed E-state index contributed by atoms with van der Waals surface area (Å²) in [4.78, 5) is 0. The van der Waals surface area contributed by atoms with Crippen molar-refractivity contribution in [2.24, 2.45) is 5.10 Å². The van der Waals surface area contributed by atoms with Gasteiger partial charge in [0.25, 0.3) is 0 Å². The lowest BCUT2D eigenvalue weighted by atomic mass is 9.95. The van der Waals surface area contributed by atoms with E-state index in [2.05, 4.69) is 37.3 Å². The molecule has 0 amide bonds. The molecule has 0 fully saturated rings. The minimum atomic E-state index is -0.631. The molecule has 29 heavy (non-hydrogen) atoms. The van der Waals surface area contributed by atoms with E-state index in [1.807, 2.05) is 23.2 Å². The third kappa shape index (κ3) is 3.13. The van der Waals surface area contributed by atoms with Crippen LogP contribution in [0.2, 0.25) is 10.0 Å². The largest absolute Gasteiger partial charge is 0.506 e. The first-order valence-electron chi connectivity index (χ1n) is 9.37. The van der Waals surface area contributed by atoms with Gasteiger partial charge in [0.15, 0.2) is 0 Å². The van der Waals surface area contributed by atoms with Crippen LogP contribution in [0.1, 0.15) is 40.9 Å². The lowest BCUT2D eigenvalue weighted by Gasteiger charge is -2.38. The Kier molecular flexibility index (Phi) is 4.41. The zero-order chi connectivity index (χ0) is 20.1. The van der Waals surface area contributed by atoms with E-state index in [1.54, 1.807) is 6.07 Å². The van der Waals surface area contributed by atoms with Crippen LogP contribution in [0.5, 0.6) is 11.5 Å². The number of rotatable bonds is 2. The smallest absolute Gasteiger partial charge is 0.217 e. The maximum Gasteiger partial charge on any atom is 0.217 e. The molecule has 3 aromatic carbocycles. The van der Waals surface area contributed by atoms with Crippen LogP contribution in [0.25, 0.3) is 0 Å². The van der Waals surface area contributed by atoms with Gasteiger partial charge in [0, 0.05) is 17.0 Å². The molecule has 1 N–H and O–H groups in total. The van der Waals surface area contributed by atoms with E-state index in [1.165, 1.54) is 11.6 Å². The van der Waals surface area contributed by atoms with Gasteiger partial charge >= 0.3 is 0 Å². The molecule has 5 rings (SSSR count). The Balaban J connectivity index is 1.63. The minimum absolute atomic E-state index is 0.00147. The fourth-order valence-electron chi connectivity index (χ4n) is 3.93. The molecule has 0 radical (unpaired) electrons. The quantitative estimate of drug-likeness (QED) is 0.528. The third-order valence-corrected chi connectivity index (χ3v) is 5.91. The number of aryl methyl sites for hydroxylation is 1. The van der Waals surface area contributed by atoms with Crippen molar-refractivity contribution in [3.63, 3.8) is 0 Å². The fraction of sp³-hybridized carbons (Fsp3) is 0.174. The van der Waals surface area contributed by atoms with Crippen molar-refractivity contribution in [1.82, 2.24) is 5.01 Å². The van der Waals surface area contributed by atoms with Crippen LogP contribution in [0.4, 0.5) is 0 Å². The molecule has 146 valence electrons. The molecule has 2 aliphatic rings. The van der Waals surface area contributed by atoms with Gasteiger partial charge in [-0.2, -0.15) is 5.10 Å². The molecule has 0 bridgehead atoms. The summed E-state index contributed by atoms with van der Waals surface area (Å²) in [5.74, 6) is 0.729. The van der Waals surface area contributed by atoms with E-state index in [0.717, 1.165) is 29.0 Å². The van der Waals surface area contributed by atoms with Crippen LogP contribution in [-0.2, 0) is 0 Å². The van der Waals surface area contributed by atoms with Crippen molar-refractivity contribution in [2.45, 2.75) is 25.6 Å². The summed E-state index contributed by atoms with van der Waals surface area (Å²) < 4.78 is 6.27. The number of hydrogen-bond donors (Lipinski definition) is 1. The second kappa shape index (κ2) is 6.97. The molecule has 2 heterocycles. The van der Waals surface area contributed by atoms with Gasteiger partial charge in [-0.15, -0.1) is 0 Å². The van der Waals surface area contributed by atoms with E-state index in [-0.39, 0.29) is 16.8 Å². The van der Waals surface area contributed by atoms with Gasteiger partial charge < -0.3 is 9.84 Å². The van der Waals surface area contributed by atoms with Crippen molar-refractivity contribution in [2.75, 3.05) is 0 Å². The maximum atomic E-state index is 10.6. The zero-order valence-corrected chi connectivity index (χ0v) is 17.2. The van der Waals surface area contributed by atoms with Crippen molar-refractivity contribution < 1.29 is 9.84 Å². The Morgan fingerprint density at radius 2 is 1.79 bits per heavy atom. The molecule has 0 unspecified atom stereocenters. The lowest BCUT2D eigenvalue weighted by Crippen LogP contribution is -2.33. The van der Waals surface area contributed by atoms with E-state index < -0.39 is 6.23 Å². The summed E-state index contributed by atoms with van der Waals surface area (Å²) >= 11 is 12.4. The van der Waals surface area contributed by atoms with E-state index in [9.17, 15) is 5.11 Å².